The molecule has 3 heterocycles. The van der Waals surface area contributed by atoms with E-state index in [4.69, 9.17) is 4.98 Å². The largest absolute Gasteiger partial charge is 0.254 e. The molecule has 1 atom stereocenters. The highest BCUT2D eigenvalue weighted by Gasteiger charge is 2.29. The summed E-state index contributed by atoms with van der Waals surface area (Å²) in [5, 5.41) is 4.03. The van der Waals surface area contributed by atoms with Crippen LogP contribution < -0.4 is 0 Å². The summed E-state index contributed by atoms with van der Waals surface area (Å²) in [4.78, 5) is 9.48. The second kappa shape index (κ2) is 5.07. The van der Waals surface area contributed by atoms with E-state index in [0.29, 0.717) is 5.25 Å². The van der Waals surface area contributed by atoms with Crippen molar-refractivity contribution in [2.75, 3.05) is 0 Å². The number of pyridine rings is 2. The Balaban J connectivity index is 1.60. The Bertz CT molecular complexity index is 988. The van der Waals surface area contributed by atoms with Gasteiger partial charge in [0.1, 0.15) is 5.03 Å². The van der Waals surface area contributed by atoms with E-state index in [1.54, 1.807) is 0 Å². The molecule has 0 fully saturated rings. The average Bonchev–Trinajstić information content (AvgIpc) is 2.99. The maximum atomic E-state index is 4.89. The van der Waals surface area contributed by atoms with Crippen LogP contribution in [0.25, 0.3) is 27.7 Å². The van der Waals surface area contributed by atoms with Crippen molar-refractivity contribution in [2.45, 2.75) is 16.7 Å². The van der Waals surface area contributed by atoms with E-state index in [0.717, 1.165) is 28.2 Å². The van der Waals surface area contributed by atoms with Crippen molar-refractivity contribution in [1.82, 2.24) is 9.97 Å². The molecule has 3 aromatic rings. The van der Waals surface area contributed by atoms with Gasteiger partial charge in [0, 0.05) is 22.4 Å². The van der Waals surface area contributed by atoms with E-state index in [2.05, 4.69) is 59.6 Å². The lowest BCUT2D eigenvalue weighted by atomic mass is 9.98. The van der Waals surface area contributed by atoms with Gasteiger partial charge < -0.3 is 0 Å². The summed E-state index contributed by atoms with van der Waals surface area (Å²) in [6.45, 7) is 0. The molecule has 3 heteroatoms. The Morgan fingerprint density at radius 1 is 1.00 bits per heavy atom. The van der Waals surface area contributed by atoms with Crippen LogP contribution in [0.3, 0.4) is 0 Å². The monoisotopic (exact) mass is 314 g/mol. The first-order chi connectivity index (χ1) is 11.4. The van der Waals surface area contributed by atoms with E-state index >= 15 is 0 Å². The van der Waals surface area contributed by atoms with Crippen LogP contribution in [0.2, 0.25) is 0 Å². The van der Waals surface area contributed by atoms with Gasteiger partial charge in [0.2, 0.25) is 0 Å². The van der Waals surface area contributed by atoms with E-state index in [1.807, 2.05) is 24.0 Å². The second-order valence-electron chi connectivity index (χ2n) is 5.86. The van der Waals surface area contributed by atoms with Crippen LogP contribution in [0.4, 0.5) is 0 Å². The zero-order valence-electron chi connectivity index (χ0n) is 12.4. The molecule has 2 aliphatic rings. The molecule has 0 amide bonds. The van der Waals surface area contributed by atoms with Gasteiger partial charge in [0.15, 0.2) is 0 Å². The summed E-state index contributed by atoms with van der Waals surface area (Å²) in [7, 11) is 0. The summed E-state index contributed by atoms with van der Waals surface area (Å²) < 4.78 is 0. The van der Waals surface area contributed by atoms with Gasteiger partial charge in [-0.2, -0.15) is 0 Å². The van der Waals surface area contributed by atoms with Gasteiger partial charge in [-0.1, -0.05) is 54.3 Å². The number of allylic oxidation sites excluding steroid dienone is 3. The van der Waals surface area contributed by atoms with E-state index in [9.17, 15) is 0 Å². The number of nitrogens with zero attached hydrogens (tertiary/aromatic N) is 2. The maximum absolute atomic E-state index is 4.89. The Kier molecular flexibility index (Phi) is 2.88. The highest BCUT2D eigenvalue weighted by molar-refractivity contribution is 8.00. The highest BCUT2D eigenvalue weighted by Crippen LogP contribution is 2.47. The number of hydrogen-bond acceptors (Lipinski definition) is 3. The Morgan fingerprint density at radius 2 is 1.91 bits per heavy atom. The molecule has 0 radical (unpaired) electrons. The zero-order valence-corrected chi connectivity index (χ0v) is 13.3. The summed E-state index contributed by atoms with van der Waals surface area (Å²) >= 11 is 1.87. The molecule has 1 aliphatic carbocycles. The Morgan fingerprint density at radius 3 is 2.87 bits per heavy atom. The maximum Gasteiger partial charge on any atom is 0.105 e. The van der Waals surface area contributed by atoms with Crippen molar-refractivity contribution in [1.29, 1.82) is 0 Å². The first-order valence-corrected chi connectivity index (χ1v) is 8.66. The van der Waals surface area contributed by atoms with Crippen LogP contribution in [0, 0.1) is 0 Å². The SMILES string of the molecule is C1=CCC2Sc3nc(-c4cc5ccccc5cn4)ccc3C2=C1. The minimum atomic E-state index is 0.530. The summed E-state index contributed by atoms with van der Waals surface area (Å²) in [6.07, 6.45) is 9.64. The molecule has 110 valence electrons. The molecule has 0 saturated carbocycles. The fourth-order valence-electron chi connectivity index (χ4n) is 3.23. The molecule has 1 aliphatic heterocycles. The van der Waals surface area contributed by atoms with Crippen molar-refractivity contribution in [3.8, 4) is 11.4 Å². The molecule has 2 nitrogen and oxygen atoms in total. The standard InChI is InChI=1S/C20H14N2S/c1-2-6-14-12-21-18(11-13(14)5-1)17-10-9-16-15-7-3-4-8-19(15)23-20(16)22-17/h1-7,9-12,19H,8H2. The zero-order chi connectivity index (χ0) is 15.2. The van der Waals surface area contributed by atoms with Gasteiger partial charge in [-0.3, -0.25) is 4.98 Å². The fraction of sp³-hybridized carbons (Fsp3) is 0.100. The normalized spacial score (nSPS) is 18.6. The quantitative estimate of drug-likeness (QED) is 0.624. The molecule has 0 N–H and O–H groups in total. The van der Waals surface area contributed by atoms with Crippen molar-refractivity contribution >= 4 is 28.1 Å². The molecule has 0 bridgehead atoms. The minimum absolute atomic E-state index is 0.530. The molecular formula is C20H14N2S. The van der Waals surface area contributed by atoms with Crippen LogP contribution in [0.5, 0.6) is 0 Å². The predicted molar refractivity (Wildman–Crippen MR) is 96.4 cm³/mol. The molecular weight excluding hydrogens is 300 g/mol. The Labute approximate surface area is 139 Å². The third kappa shape index (κ3) is 2.12. The van der Waals surface area contributed by atoms with Crippen LogP contribution in [0.15, 0.2) is 71.9 Å². The molecule has 0 spiro atoms. The first-order valence-electron chi connectivity index (χ1n) is 7.78. The summed E-state index contributed by atoms with van der Waals surface area (Å²) in [5.41, 5.74) is 4.59. The van der Waals surface area contributed by atoms with Crippen molar-refractivity contribution in [2.24, 2.45) is 0 Å². The predicted octanol–water partition coefficient (Wildman–Crippen LogP) is 5.11. The van der Waals surface area contributed by atoms with E-state index < -0.39 is 0 Å². The number of rotatable bonds is 1. The van der Waals surface area contributed by atoms with Gasteiger partial charge in [0.05, 0.1) is 11.4 Å². The van der Waals surface area contributed by atoms with Gasteiger partial charge >= 0.3 is 0 Å². The van der Waals surface area contributed by atoms with Crippen LogP contribution in [0.1, 0.15) is 12.0 Å². The van der Waals surface area contributed by atoms with Gasteiger partial charge in [-0.05, 0) is 35.6 Å². The van der Waals surface area contributed by atoms with Gasteiger partial charge in [-0.15, -0.1) is 0 Å². The van der Waals surface area contributed by atoms with Crippen LogP contribution in [-0.4, -0.2) is 15.2 Å². The van der Waals surface area contributed by atoms with Crippen LogP contribution >= 0.6 is 11.8 Å². The molecule has 1 unspecified atom stereocenters. The topological polar surface area (TPSA) is 25.8 Å². The summed E-state index contributed by atoms with van der Waals surface area (Å²) in [5.74, 6) is 0. The Hall–Kier alpha value is -2.39. The first kappa shape index (κ1) is 13.1. The molecule has 5 rings (SSSR count). The molecule has 0 saturated heterocycles. The minimum Gasteiger partial charge on any atom is -0.254 e. The highest BCUT2D eigenvalue weighted by atomic mass is 32.2. The second-order valence-corrected chi connectivity index (χ2v) is 7.05. The lowest BCUT2D eigenvalue weighted by Crippen LogP contribution is -2.00. The van der Waals surface area contributed by atoms with E-state index in [1.165, 1.54) is 16.5 Å². The number of hydrogen-bond donors (Lipinski definition) is 0. The third-order valence-electron chi connectivity index (χ3n) is 4.43. The fourth-order valence-corrected chi connectivity index (χ4v) is 4.51. The van der Waals surface area contributed by atoms with Gasteiger partial charge in [-0.25, -0.2) is 4.98 Å². The number of benzene rings is 1. The third-order valence-corrected chi connectivity index (χ3v) is 5.69. The van der Waals surface area contributed by atoms with Gasteiger partial charge in [0.25, 0.3) is 0 Å². The van der Waals surface area contributed by atoms with E-state index in [-0.39, 0.29) is 0 Å². The summed E-state index contributed by atoms with van der Waals surface area (Å²) in [6, 6.07) is 14.7. The number of aromatic nitrogens is 2. The molecule has 2 aromatic heterocycles. The van der Waals surface area contributed by atoms with Crippen molar-refractivity contribution < 1.29 is 0 Å². The number of thioether (sulfide) groups is 1. The lowest BCUT2D eigenvalue weighted by molar-refractivity contribution is 1.09. The molecule has 1 aromatic carbocycles. The molecule has 23 heavy (non-hydrogen) atoms. The lowest BCUT2D eigenvalue weighted by Gasteiger charge is -2.10. The van der Waals surface area contributed by atoms with Crippen molar-refractivity contribution in [3.05, 3.63) is 72.5 Å². The van der Waals surface area contributed by atoms with Crippen LogP contribution in [-0.2, 0) is 0 Å². The number of fused-ring (bicyclic) bond motifs is 4. The average molecular weight is 314 g/mol. The van der Waals surface area contributed by atoms with Crippen molar-refractivity contribution in [3.63, 3.8) is 0 Å². The smallest absolute Gasteiger partial charge is 0.105 e.